The van der Waals surface area contributed by atoms with Gasteiger partial charge in [0.25, 0.3) is 0 Å². The van der Waals surface area contributed by atoms with Crippen molar-refractivity contribution in [3.8, 4) is 5.75 Å². The minimum Gasteiger partial charge on any atom is -0.486 e. The third kappa shape index (κ3) is 1.51. The summed E-state index contributed by atoms with van der Waals surface area (Å²) in [6.45, 7) is 2.24. The fourth-order valence-electron chi connectivity index (χ4n) is 2.68. The molecule has 2 nitrogen and oxygen atoms in total. The molecule has 1 spiro atoms. The first-order chi connectivity index (χ1) is 7.27. The third-order valence-electron chi connectivity index (χ3n) is 3.47. The van der Waals surface area contributed by atoms with E-state index >= 15 is 0 Å². The van der Waals surface area contributed by atoms with Crippen LogP contribution in [0, 0.1) is 5.82 Å². The summed E-state index contributed by atoms with van der Waals surface area (Å²) in [6, 6.07) is 4.85. The standard InChI is InChI=1S/C12H14FNO/c13-10-1-2-11-9(7-10)8-12(15-11)3-5-14-6-4-12/h1-2,7,14H,3-6,8H2/p+1. The molecule has 3 heteroatoms. The van der Waals surface area contributed by atoms with Crippen LogP contribution >= 0.6 is 0 Å². The lowest BCUT2D eigenvalue weighted by atomic mass is 9.88. The van der Waals surface area contributed by atoms with Gasteiger partial charge in [-0.25, -0.2) is 4.39 Å². The highest BCUT2D eigenvalue weighted by Crippen LogP contribution is 2.39. The van der Waals surface area contributed by atoms with E-state index in [1.54, 1.807) is 12.1 Å². The van der Waals surface area contributed by atoms with E-state index in [4.69, 9.17) is 4.74 Å². The van der Waals surface area contributed by atoms with Crippen LogP contribution in [0.1, 0.15) is 18.4 Å². The molecule has 0 aromatic heterocycles. The van der Waals surface area contributed by atoms with E-state index in [2.05, 4.69) is 5.32 Å². The molecule has 2 aliphatic rings. The van der Waals surface area contributed by atoms with Gasteiger partial charge in [-0.3, -0.25) is 0 Å². The van der Waals surface area contributed by atoms with Crippen LogP contribution in [0.25, 0.3) is 0 Å². The first kappa shape index (κ1) is 9.16. The monoisotopic (exact) mass is 208 g/mol. The summed E-state index contributed by atoms with van der Waals surface area (Å²) in [5, 5.41) is 2.32. The van der Waals surface area contributed by atoms with Crippen molar-refractivity contribution >= 4 is 0 Å². The lowest BCUT2D eigenvalue weighted by Gasteiger charge is -2.31. The van der Waals surface area contributed by atoms with Crippen LogP contribution in [-0.2, 0) is 6.42 Å². The van der Waals surface area contributed by atoms with Crippen LogP contribution in [0.2, 0.25) is 0 Å². The number of nitrogens with two attached hydrogens (primary N) is 1. The van der Waals surface area contributed by atoms with E-state index in [0.717, 1.165) is 43.7 Å². The highest BCUT2D eigenvalue weighted by molar-refractivity contribution is 5.39. The van der Waals surface area contributed by atoms with Crippen molar-refractivity contribution in [1.82, 2.24) is 0 Å². The van der Waals surface area contributed by atoms with Crippen LogP contribution in [0.15, 0.2) is 18.2 Å². The summed E-state index contributed by atoms with van der Waals surface area (Å²) in [4.78, 5) is 0. The van der Waals surface area contributed by atoms with Crippen LogP contribution < -0.4 is 10.1 Å². The fraction of sp³-hybridized carbons (Fsp3) is 0.500. The Morgan fingerprint density at radius 2 is 2.07 bits per heavy atom. The molecule has 1 fully saturated rings. The van der Waals surface area contributed by atoms with Crippen molar-refractivity contribution in [3.05, 3.63) is 29.6 Å². The van der Waals surface area contributed by atoms with Gasteiger partial charge in [0.15, 0.2) is 0 Å². The molecular weight excluding hydrogens is 193 g/mol. The number of halogens is 1. The van der Waals surface area contributed by atoms with Gasteiger partial charge in [-0.15, -0.1) is 0 Å². The Balaban J connectivity index is 1.90. The Bertz CT molecular complexity index is 385. The maximum Gasteiger partial charge on any atom is 0.124 e. The van der Waals surface area contributed by atoms with E-state index in [1.807, 2.05) is 0 Å². The molecule has 1 aromatic rings. The predicted molar refractivity (Wildman–Crippen MR) is 54.4 cm³/mol. The zero-order valence-corrected chi connectivity index (χ0v) is 8.63. The SMILES string of the molecule is Fc1ccc2c(c1)CC1(CC[NH2+]CC1)O2. The molecule has 3 rings (SSSR count). The van der Waals surface area contributed by atoms with E-state index in [9.17, 15) is 4.39 Å². The van der Waals surface area contributed by atoms with Crippen molar-refractivity contribution in [3.63, 3.8) is 0 Å². The lowest BCUT2D eigenvalue weighted by molar-refractivity contribution is -0.667. The van der Waals surface area contributed by atoms with Gasteiger partial charge in [-0.2, -0.15) is 0 Å². The maximum absolute atomic E-state index is 13.1. The number of piperidine rings is 1. The maximum atomic E-state index is 13.1. The van der Waals surface area contributed by atoms with Gasteiger partial charge in [-0.1, -0.05) is 0 Å². The first-order valence-corrected chi connectivity index (χ1v) is 5.57. The van der Waals surface area contributed by atoms with E-state index in [0.29, 0.717) is 0 Å². The van der Waals surface area contributed by atoms with Crippen LogP contribution in [0.4, 0.5) is 4.39 Å². The van der Waals surface area contributed by atoms with Crippen molar-refractivity contribution in [2.24, 2.45) is 0 Å². The van der Waals surface area contributed by atoms with Gasteiger partial charge in [0.1, 0.15) is 17.2 Å². The van der Waals surface area contributed by atoms with Crippen molar-refractivity contribution in [1.29, 1.82) is 0 Å². The third-order valence-corrected chi connectivity index (χ3v) is 3.47. The molecule has 2 aliphatic heterocycles. The van der Waals surface area contributed by atoms with E-state index in [-0.39, 0.29) is 11.4 Å². The van der Waals surface area contributed by atoms with Gasteiger partial charge < -0.3 is 10.1 Å². The molecule has 0 saturated carbocycles. The summed E-state index contributed by atoms with van der Waals surface area (Å²) in [7, 11) is 0. The molecule has 15 heavy (non-hydrogen) atoms. The topological polar surface area (TPSA) is 25.8 Å². The molecule has 2 N–H and O–H groups in total. The molecule has 0 amide bonds. The number of rotatable bonds is 0. The number of hydrogen-bond donors (Lipinski definition) is 1. The van der Waals surface area contributed by atoms with Gasteiger partial charge in [-0.05, 0) is 18.2 Å². The number of ether oxygens (including phenoxy) is 1. The highest BCUT2D eigenvalue weighted by Gasteiger charge is 2.41. The van der Waals surface area contributed by atoms with Crippen LogP contribution in [-0.4, -0.2) is 18.7 Å². The number of hydrogen-bond acceptors (Lipinski definition) is 1. The van der Waals surface area contributed by atoms with Gasteiger partial charge in [0, 0.05) is 24.8 Å². The molecule has 1 saturated heterocycles. The van der Waals surface area contributed by atoms with Crippen molar-refractivity contribution in [2.45, 2.75) is 24.9 Å². The summed E-state index contributed by atoms with van der Waals surface area (Å²) in [6.07, 6.45) is 3.03. The molecule has 0 atom stereocenters. The second kappa shape index (κ2) is 3.20. The molecular formula is C12H15FNO+. The Kier molecular flexibility index (Phi) is 1.96. The van der Waals surface area contributed by atoms with Crippen molar-refractivity contribution in [2.75, 3.05) is 13.1 Å². The zero-order valence-electron chi connectivity index (χ0n) is 8.63. The van der Waals surface area contributed by atoms with Gasteiger partial charge >= 0.3 is 0 Å². The molecule has 0 bridgehead atoms. The Morgan fingerprint density at radius 3 is 2.87 bits per heavy atom. The Morgan fingerprint density at radius 1 is 1.27 bits per heavy atom. The Hall–Kier alpha value is -1.09. The normalized spacial score (nSPS) is 22.5. The first-order valence-electron chi connectivity index (χ1n) is 5.57. The average molecular weight is 208 g/mol. The summed E-state index contributed by atoms with van der Waals surface area (Å²) in [5.41, 5.74) is 1.02. The molecule has 2 heterocycles. The van der Waals surface area contributed by atoms with Gasteiger partial charge in [0.05, 0.1) is 13.1 Å². The second-order valence-corrected chi connectivity index (χ2v) is 4.58. The minimum absolute atomic E-state index is 0.0229. The number of fused-ring (bicyclic) bond motifs is 1. The molecule has 0 unspecified atom stereocenters. The molecule has 1 aromatic carbocycles. The second-order valence-electron chi connectivity index (χ2n) is 4.58. The van der Waals surface area contributed by atoms with E-state index < -0.39 is 0 Å². The van der Waals surface area contributed by atoms with Crippen molar-refractivity contribution < 1.29 is 14.4 Å². The molecule has 80 valence electrons. The quantitative estimate of drug-likeness (QED) is 0.672. The summed E-state index contributed by atoms with van der Waals surface area (Å²) in [5.74, 6) is 0.732. The lowest BCUT2D eigenvalue weighted by Crippen LogP contribution is -2.88. The largest absolute Gasteiger partial charge is 0.486 e. The summed E-state index contributed by atoms with van der Waals surface area (Å²) < 4.78 is 19.1. The van der Waals surface area contributed by atoms with Crippen LogP contribution in [0.3, 0.4) is 0 Å². The summed E-state index contributed by atoms with van der Waals surface area (Å²) >= 11 is 0. The van der Waals surface area contributed by atoms with Gasteiger partial charge in [0.2, 0.25) is 0 Å². The molecule has 0 aliphatic carbocycles. The Labute approximate surface area is 88.4 Å². The highest BCUT2D eigenvalue weighted by atomic mass is 19.1. The molecule has 0 radical (unpaired) electrons. The average Bonchev–Trinajstić information content (AvgIpc) is 2.56. The number of benzene rings is 1. The van der Waals surface area contributed by atoms with Crippen LogP contribution in [0.5, 0.6) is 5.75 Å². The fourth-order valence-corrected chi connectivity index (χ4v) is 2.68. The zero-order chi connectivity index (χ0) is 10.3. The minimum atomic E-state index is -0.156. The predicted octanol–water partition coefficient (Wildman–Crippen LogP) is 0.857. The smallest absolute Gasteiger partial charge is 0.124 e. The number of quaternary nitrogens is 1. The van der Waals surface area contributed by atoms with E-state index in [1.165, 1.54) is 6.07 Å².